The molecule has 1 atom stereocenters. The summed E-state index contributed by atoms with van der Waals surface area (Å²) in [5.41, 5.74) is 0. The van der Waals surface area contributed by atoms with Crippen LogP contribution < -0.4 is 16.0 Å². The van der Waals surface area contributed by atoms with E-state index in [9.17, 15) is 4.79 Å². The van der Waals surface area contributed by atoms with Gasteiger partial charge in [0.15, 0.2) is 5.96 Å². The van der Waals surface area contributed by atoms with Crippen LogP contribution in [0.25, 0.3) is 0 Å². The topological polar surface area (TPSA) is 65.5 Å². The van der Waals surface area contributed by atoms with Crippen LogP contribution in [-0.4, -0.2) is 38.5 Å². The SMILES string of the molecule is CCCCC(CC)CNC(=NC)NCC(=O)NCCC.I. The van der Waals surface area contributed by atoms with E-state index in [4.69, 9.17) is 0 Å². The van der Waals surface area contributed by atoms with E-state index in [1.165, 1.54) is 25.7 Å². The van der Waals surface area contributed by atoms with E-state index in [1.54, 1.807) is 7.05 Å². The van der Waals surface area contributed by atoms with Crippen molar-refractivity contribution in [2.24, 2.45) is 10.9 Å². The first kappa shape index (κ1) is 22.7. The molecule has 0 saturated carbocycles. The molecular weight excluding hydrogens is 379 g/mol. The first-order valence-corrected chi connectivity index (χ1v) is 7.89. The molecule has 1 unspecified atom stereocenters. The van der Waals surface area contributed by atoms with Crippen molar-refractivity contribution < 1.29 is 4.79 Å². The van der Waals surface area contributed by atoms with Gasteiger partial charge in [-0.2, -0.15) is 0 Å². The first-order chi connectivity index (χ1) is 9.67. The highest BCUT2D eigenvalue weighted by Crippen LogP contribution is 2.10. The Hall–Kier alpha value is -0.530. The van der Waals surface area contributed by atoms with Gasteiger partial charge in [-0.05, 0) is 18.8 Å². The van der Waals surface area contributed by atoms with Crippen molar-refractivity contribution in [1.29, 1.82) is 0 Å². The molecule has 5 nitrogen and oxygen atoms in total. The van der Waals surface area contributed by atoms with Gasteiger partial charge >= 0.3 is 0 Å². The molecule has 0 aromatic rings. The van der Waals surface area contributed by atoms with Crippen LogP contribution in [0.15, 0.2) is 4.99 Å². The normalized spacial score (nSPS) is 12.3. The summed E-state index contributed by atoms with van der Waals surface area (Å²) in [6.07, 6.45) is 5.87. The van der Waals surface area contributed by atoms with E-state index in [-0.39, 0.29) is 36.4 Å². The number of aliphatic imine (C=N–C) groups is 1. The minimum atomic E-state index is 0. The number of guanidine groups is 1. The molecule has 21 heavy (non-hydrogen) atoms. The number of nitrogens with zero attached hydrogens (tertiary/aromatic N) is 1. The summed E-state index contributed by atoms with van der Waals surface area (Å²) in [6.45, 7) is 8.38. The molecule has 0 aliphatic heterocycles. The van der Waals surface area contributed by atoms with Crippen LogP contribution in [0.1, 0.15) is 52.9 Å². The zero-order valence-corrected chi connectivity index (χ0v) is 16.3. The van der Waals surface area contributed by atoms with Gasteiger partial charge in [-0.25, -0.2) is 0 Å². The van der Waals surface area contributed by atoms with Crippen LogP contribution in [-0.2, 0) is 4.79 Å². The Kier molecular flexibility index (Phi) is 17.2. The largest absolute Gasteiger partial charge is 0.356 e. The number of carbonyl (C=O) groups excluding carboxylic acids is 1. The molecule has 0 radical (unpaired) electrons. The second kappa shape index (κ2) is 15.9. The highest BCUT2D eigenvalue weighted by atomic mass is 127. The van der Waals surface area contributed by atoms with Crippen LogP contribution in [0.5, 0.6) is 0 Å². The minimum Gasteiger partial charge on any atom is -0.356 e. The molecule has 6 heteroatoms. The van der Waals surface area contributed by atoms with Crippen molar-refractivity contribution >= 4 is 35.8 Å². The summed E-state index contributed by atoms with van der Waals surface area (Å²) < 4.78 is 0. The van der Waals surface area contributed by atoms with Crippen molar-refractivity contribution in [1.82, 2.24) is 16.0 Å². The zero-order valence-electron chi connectivity index (χ0n) is 14.0. The Morgan fingerprint density at radius 3 is 2.33 bits per heavy atom. The Morgan fingerprint density at radius 1 is 1.10 bits per heavy atom. The molecule has 0 aromatic carbocycles. The lowest BCUT2D eigenvalue weighted by Crippen LogP contribution is -2.44. The van der Waals surface area contributed by atoms with E-state index in [1.807, 2.05) is 6.92 Å². The van der Waals surface area contributed by atoms with E-state index < -0.39 is 0 Å². The second-order valence-corrected chi connectivity index (χ2v) is 5.07. The third-order valence-corrected chi connectivity index (χ3v) is 3.31. The van der Waals surface area contributed by atoms with E-state index in [2.05, 4.69) is 34.8 Å². The van der Waals surface area contributed by atoms with Gasteiger partial charge in [0.05, 0.1) is 6.54 Å². The predicted octanol–water partition coefficient (Wildman–Crippen LogP) is 2.51. The predicted molar refractivity (Wildman–Crippen MR) is 101 cm³/mol. The lowest BCUT2D eigenvalue weighted by atomic mass is 9.99. The maximum Gasteiger partial charge on any atom is 0.239 e. The average Bonchev–Trinajstić information content (AvgIpc) is 2.48. The number of hydrogen-bond acceptors (Lipinski definition) is 2. The molecule has 0 saturated heterocycles. The van der Waals surface area contributed by atoms with Gasteiger partial charge in [0.2, 0.25) is 5.91 Å². The van der Waals surface area contributed by atoms with Crippen LogP contribution in [0.2, 0.25) is 0 Å². The molecule has 0 fully saturated rings. The molecule has 0 aliphatic carbocycles. The average molecular weight is 412 g/mol. The lowest BCUT2D eigenvalue weighted by Gasteiger charge is -2.17. The molecular formula is C15H33IN4O. The van der Waals surface area contributed by atoms with Gasteiger partial charge < -0.3 is 16.0 Å². The highest BCUT2D eigenvalue weighted by molar-refractivity contribution is 14.0. The highest BCUT2D eigenvalue weighted by Gasteiger charge is 2.07. The number of carbonyl (C=O) groups is 1. The van der Waals surface area contributed by atoms with Crippen molar-refractivity contribution in [2.75, 3.05) is 26.7 Å². The Balaban J connectivity index is 0. The number of nitrogens with one attached hydrogen (secondary N) is 3. The summed E-state index contributed by atoms with van der Waals surface area (Å²) >= 11 is 0. The second-order valence-electron chi connectivity index (χ2n) is 5.07. The quantitative estimate of drug-likeness (QED) is 0.294. The molecule has 0 rings (SSSR count). The molecule has 0 bridgehead atoms. The molecule has 0 heterocycles. The summed E-state index contributed by atoms with van der Waals surface area (Å²) in [4.78, 5) is 15.6. The number of unbranched alkanes of at least 4 members (excludes halogenated alkanes) is 1. The summed E-state index contributed by atoms with van der Waals surface area (Å²) in [5.74, 6) is 1.38. The van der Waals surface area contributed by atoms with Gasteiger partial charge in [-0.15, -0.1) is 24.0 Å². The zero-order chi connectivity index (χ0) is 15.2. The number of amides is 1. The number of hydrogen-bond donors (Lipinski definition) is 3. The van der Waals surface area contributed by atoms with Crippen LogP contribution >= 0.6 is 24.0 Å². The third-order valence-electron chi connectivity index (χ3n) is 3.31. The Morgan fingerprint density at radius 2 is 1.81 bits per heavy atom. The van der Waals surface area contributed by atoms with E-state index >= 15 is 0 Å². The molecule has 1 amide bonds. The van der Waals surface area contributed by atoms with Crippen LogP contribution in [0.3, 0.4) is 0 Å². The fraction of sp³-hybridized carbons (Fsp3) is 0.867. The van der Waals surface area contributed by atoms with Crippen molar-refractivity contribution in [3.8, 4) is 0 Å². The van der Waals surface area contributed by atoms with Crippen molar-refractivity contribution in [2.45, 2.75) is 52.9 Å². The smallest absolute Gasteiger partial charge is 0.239 e. The molecule has 0 aliphatic rings. The monoisotopic (exact) mass is 412 g/mol. The van der Waals surface area contributed by atoms with Gasteiger partial charge in [-0.3, -0.25) is 9.79 Å². The Bertz CT molecular complexity index is 285. The minimum absolute atomic E-state index is 0. The van der Waals surface area contributed by atoms with Crippen molar-refractivity contribution in [3.63, 3.8) is 0 Å². The van der Waals surface area contributed by atoms with Gasteiger partial charge in [0.1, 0.15) is 0 Å². The molecule has 126 valence electrons. The fourth-order valence-corrected chi connectivity index (χ4v) is 1.90. The lowest BCUT2D eigenvalue weighted by molar-refractivity contribution is -0.120. The molecule has 3 N–H and O–H groups in total. The third kappa shape index (κ3) is 12.9. The van der Waals surface area contributed by atoms with Crippen molar-refractivity contribution in [3.05, 3.63) is 0 Å². The fourth-order valence-electron chi connectivity index (χ4n) is 1.90. The molecule has 0 aromatic heterocycles. The van der Waals surface area contributed by atoms with Gasteiger partial charge in [0.25, 0.3) is 0 Å². The number of halogens is 1. The maximum atomic E-state index is 11.5. The summed E-state index contributed by atoms with van der Waals surface area (Å²) in [7, 11) is 1.73. The Labute approximate surface area is 147 Å². The number of rotatable bonds is 10. The summed E-state index contributed by atoms with van der Waals surface area (Å²) in [5, 5.41) is 9.17. The van der Waals surface area contributed by atoms with Gasteiger partial charge in [-0.1, -0.05) is 40.0 Å². The van der Waals surface area contributed by atoms with Crippen LogP contribution in [0.4, 0.5) is 0 Å². The maximum absolute atomic E-state index is 11.5. The first-order valence-electron chi connectivity index (χ1n) is 7.89. The van der Waals surface area contributed by atoms with E-state index in [0.717, 1.165) is 19.5 Å². The molecule has 0 spiro atoms. The summed E-state index contributed by atoms with van der Waals surface area (Å²) in [6, 6.07) is 0. The van der Waals surface area contributed by atoms with Crippen LogP contribution in [0, 0.1) is 5.92 Å². The van der Waals surface area contributed by atoms with E-state index in [0.29, 0.717) is 11.9 Å². The van der Waals surface area contributed by atoms with Gasteiger partial charge in [0, 0.05) is 20.1 Å². The standard InChI is InChI=1S/C15H32N4O.HI/c1-5-8-9-13(7-3)11-18-15(16-4)19-12-14(20)17-10-6-2;/h13H,5-12H2,1-4H3,(H,17,20)(H2,16,18,19);1H.